The van der Waals surface area contributed by atoms with Gasteiger partial charge in [0.15, 0.2) is 5.17 Å². The zero-order valence-electron chi connectivity index (χ0n) is 17.3. The number of hydrogen-bond donors (Lipinski definition) is 0. The van der Waals surface area contributed by atoms with Crippen molar-refractivity contribution in [2.75, 3.05) is 0 Å². The van der Waals surface area contributed by atoms with E-state index in [4.69, 9.17) is 4.99 Å². The first-order valence-electron chi connectivity index (χ1n) is 9.87. The van der Waals surface area contributed by atoms with E-state index in [1.807, 2.05) is 35.2 Å². The van der Waals surface area contributed by atoms with Gasteiger partial charge in [-0.15, -0.1) is 0 Å². The van der Waals surface area contributed by atoms with Crippen molar-refractivity contribution in [2.24, 2.45) is 4.99 Å². The van der Waals surface area contributed by atoms with E-state index in [2.05, 4.69) is 58.9 Å². The lowest BCUT2D eigenvalue weighted by atomic mass is 10.0. The number of carbonyl (C=O) groups is 1. The summed E-state index contributed by atoms with van der Waals surface area (Å²) in [4.78, 5) is 20.4. The Morgan fingerprint density at radius 1 is 1.04 bits per heavy atom. The molecule has 2 aromatic rings. The van der Waals surface area contributed by atoms with E-state index in [1.165, 1.54) is 22.9 Å². The largest absolute Gasteiger partial charge is 0.284 e. The minimum atomic E-state index is 0.0400. The van der Waals surface area contributed by atoms with Crippen molar-refractivity contribution >= 4 is 34.6 Å². The molecule has 1 amide bonds. The predicted molar refractivity (Wildman–Crippen MR) is 121 cm³/mol. The van der Waals surface area contributed by atoms with E-state index < -0.39 is 0 Å². The van der Waals surface area contributed by atoms with Crippen LogP contribution in [-0.2, 0) is 4.79 Å². The first kappa shape index (κ1) is 20.4. The highest BCUT2D eigenvalue weighted by atomic mass is 32.2. The Kier molecular flexibility index (Phi) is 6.40. The van der Waals surface area contributed by atoms with Crippen LogP contribution in [0.15, 0.2) is 58.4 Å². The molecule has 3 rings (SSSR count). The maximum Gasteiger partial charge on any atom is 0.266 e. The molecular formula is C24H28N2OS. The van der Waals surface area contributed by atoms with Gasteiger partial charge in [-0.25, -0.2) is 4.99 Å². The summed E-state index contributed by atoms with van der Waals surface area (Å²) in [7, 11) is 0. The molecule has 3 nitrogen and oxygen atoms in total. The van der Waals surface area contributed by atoms with Crippen LogP contribution in [0.3, 0.4) is 0 Å². The Morgan fingerprint density at radius 2 is 1.68 bits per heavy atom. The molecule has 1 atom stereocenters. The second-order valence-corrected chi connectivity index (χ2v) is 8.60. The maximum atomic E-state index is 13.1. The number of amides is 1. The molecule has 1 aliphatic rings. The van der Waals surface area contributed by atoms with Crippen LogP contribution in [0.4, 0.5) is 5.69 Å². The van der Waals surface area contributed by atoms with E-state index in [9.17, 15) is 4.79 Å². The number of aryl methyl sites for hydroxylation is 1. The highest BCUT2D eigenvalue weighted by molar-refractivity contribution is 8.18. The van der Waals surface area contributed by atoms with Crippen molar-refractivity contribution in [3.63, 3.8) is 0 Å². The minimum Gasteiger partial charge on any atom is -0.284 e. The van der Waals surface area contributed by atoms with Crippen LogP contribution in [0.25, 0.3) is 6.08 Å². The molecule has 0 N–H and O–H groups in total. The Morgan fingerprint density at radius 3 is 2.25 bits per heavy atom. The fourth-order valence-corrected chi connectivity index (χ4v) is 4.08. The Hall–Kier alpha value is -2.33. The van der Waals surface area contributed by atoms with Gasteiger partial charge >= 0.3 is 0 Å². The molecule has 1 saturated heterocycles. The average Bonchev–Trinajstić information content (AvgIpc) is 2.98. The lowest BCUT2D eigenvalue weighted by Crippen LogP contribution is -2.36. The molecule has 0 bridgehead atoms. The summed E-state index contributed by atoms with van der Waals surface area (Å²) >= 11 is 1.46. The van der Waals surface area contributed by atoms with Crippen LogP contribution in [0.1, 0.15) is 56.7 Å². The van der Waals surface area contributed by atoms with Crippen molar-refractivity contribution in [3.8, 4) is 0 Å². The molecule has 0 aliphatic carbocycles. The summed E-state index contributed by atoms with van der Waals surface area (Å²) in [6.45, 7) is 10.6. The van der Waals surface area contributed by atoms with Crippen molar-refractivity contribution in [2.45, 2.75) is 53.0 Å². The summed E-state index contributed by atoms with van der Waals surface area (Å²) in [5, 5.41) is 0.758. The summed E-state index contributed by atoms with van der Waals surface area (Å²) in [6.07, 6.45) is 2.86. The number of benzene rings is 2. The lowest BCUT2D eigenvalue weighted by Gasteiger charge is -2.22. The third-order valence-corrected chi connectivity index (χ3v) is 6.01. The van der Waals surface area contributed by atoms with Crippen LogP contribution in [0, 0.1) is 6.92 Å². The summed E-state index contributed by atoms with van der Waals surface area (Å²) < 4.78 is 0. The number of nitrogens with zero attached hydrogens (tertiary/aromatic N) is 2. The van der Waals surface area contributed by atoms with Gasteiger partial charge in [0.25, 0.3) is 5.91 Å². The first-order chi connectivity index (χ1) is 13.4. The highest BCUT2D eigenvalue weighted by Crippen LogP contribution is 2.36. The van der Waals surface area contributed by atoms with Gasteiger partial charge in [0, 0.05) is 6.04 Å². The third-order valence-electron chi connectivity index (χ3n) is 5.03. The number of rotatable bonds is 5. The van der Waals surface area contributed by atoms with Crippen LogP contribution in [-0.4, -0.2) is 22.0 Å². The quantitative estimate of drug-likeness (QED) is 0.543. The molecule has 28 heavy (non-hydrogen) atoms. The molecule has 0 saturated carbocycles. The van der Waals surface area contributed by atoms with Gasteiger partial charge in [0.05, 0.1) is 10.6 Å². The predicted octanol–water partition coefficient (Wildman–Crippen LogP) is 6.52. The lowest BCUT2D eigenvalue weighted by molar-refractivity contribution is -0.123. The van der Waals surface area contributed by atoms with Crippen LogP contribution in [0.2, 0.25) is 0 Å². The third kappa shape index (κ3) is 4.56. The fraction of sp³-hybridized carbons (Fsp3) is 0.333. The van der Waals surface area contributed by atoms with Crippen LogP contribution >= 0.6 is 11.8 Å². The first-order valence-corrected chi connectivity index (χ1v) is 10.7. The van der Waals surface area contributed by atoms with Crippen LogP contribution in [0.5, 0.6) is 0 Å². The van der Waals surface area contributed by atoms with E-state index in [0.29, 0.717) is 5.92 Å². The molecular weight excluding hydrogens is 364 g/mol. The van der Waals surface area contributed by atoms with Gasteiger partial charge in [-0.2, -0.15) is 0 Å². The Balaban J connectivity index is 1.93. The fourth-order valence-electron chi connectivity index (χ4n) is 2.99. The van der Waals surface area contributed by atoms with Gasteiger partial charge < -0.3 is 0 Å². The minimum absolute atomic E-state index is 0.0400. The van der Waals surface area contributed by atoms with Gasteiger partial charge in [-0.3, -0.25) is 9.69 Å². The van der Waals surface area contributed by atoms with E-state index in [0.717, 1.165) is 27.7 Å². The van der Waals surface area contributed by atoms with Crippen LogP contribution < -0.4 is 0 Å². The number of thioether (sulfide) groups is 1. The number of aliphatic imine (C=N–C) groups is 1. The summed E-state index contributed by atoms with van der Waals surface area (Å²) in [5.41, 5.74) is 4.41. The standard InChI is InChI=1S/C24H28N2OS/c1-6-18(5)26-23(27)22(15-19-9-11-20(12-10-19)16(2)3)28-24(26)25-21-13-7-17(4)8-14-21/h7-16,18H,6H2,1-5H3/b22-15+,25-24?/t18-/m1/s1. The molecule has 1 aliphatic heterocycles. The van der Waals surface area contributed by atoms with E-state index >= 15 is 0 Å². The van der Waals surface area contributed by atoms with Gasteiger partial charge in [0.2, 0.25) is 0 Å². The summed E-state index contributed by atoms with van der Waals surface area (Å²) in [5.74, 6) is 0.538. The zero-order valence-corrected chi connectivity index (χ0v) is 18.1. The number of hydrogen-bond acceptors (Lipinski definition) is 3. The number of amidine groups is 1. The second-order valence-electron chi connectivity index (χ2n) is 7.59. The van der Waals surface area contributed by atoms with E-state index in [-0.39, 0.29) is 11.9 Å². The molecule has 1 heterocycles. The average molecular weight is 393 g/mol. The molecule has 146 valence electrons. The van der Waals surface area contributed by atoms with Gasteiger partial charge in [-0.1, -0.05) is 62.7 Å². The molecule has 0 radical (unpaired) electrons. The Bertz CT molecular complexity index is 895. The Labute approximate surface area is 172 Å². The van der Waals surface area contributed by atoms with Crippen molar-refractivity contribution < 1.29 is 4.79 Å². The molecule has 0 spiro atoms. The topological polar surface area (TPSA) is 32.7 Å². The molecule has 2 aromatic carbocycles. The zero-order chi connectivity index (χ0) is 20.3. The molecule has 0 aromatic heterocycles. The normalized spacial score (nSPS) is 18.5. The maximum absolute atomic E-state index is 13.1. The molecule has 1 fully saturated rings. The second kappa shape index (κ2) is 8.78. The van der Waals surface area contributed by atoms with Gasteiger partial charge in [-0.05, 0) is 67.3 Å². The monoisotopic (exact) mass is 392 g/mol. The molecule has 0 unspecified atom stereocenters. The smallest absolute Gasteiger partial charge is 0.266 e. The van der Waals surface area contributed by atoms with Crippen molar-refractivity contribution in [1.82, 2.24) is 4.90 Å². The van der Waals surface area contributed by atoms with Crippen molar-refractivity contribution in [3.05, 3.63) is 70.1 Å². The summed E-state index contributed by atoms with van der Waals surface area (Å²) in [6, 6.07) is 16.6. The number of carbonyl (C=O) groups excluding carboxylic acids is 1. The highest BCUT2D eigenvalue weighted by Gasteiger charge is 2.36. The van der Waals surface area contributed by atoms with Crippen molar-refractivity contribution in [1.29, 1.82) is 0 Å². The van der Waals surface area contributed by atoms with E-state index in [1.54, 1.807) is 0 Å². The SMILES string of the molecule is CC[C@@H](C)N1C(=O)/C(=C\c2ccc(C(C)C)cc2)SC1=Nc1ccc(C)cc1. The van der Waals surface area contributed by atoms with Gasteiger partial charge in [0.1, 0.15) is 0 Å². The molecule has 4 heteroatoms.